The molecule has 200 valence electrons. The third-order valence-corrected chi connectivity index (χ3v) is 10.4. The van der Waals surface area contributed by atoms with Gasteiger partial charge in [0, 0.05) is 5.92 Å². The Labute approximate surface area is 211 Å². The molecular weight excluding hydrogens is 444 g/mol. The molecule has 4 rings (SSSR count). The normalized spacial score (nSPS) is 39.9. The third kappa shape index (κ3) is 5.88. The lowest BCUT2D eigenvalue weighted by atomic mass is 9.44. The second-order valence-electron chi connectivity index (χ2n) is 12.8. The highest BCUT2D eigenvalue weighted by atomic mass is 16.7. The predicted molar refractivity (Wildman–Crippen MR) is 135 cm³/mol. The van der Waals surface area contributed by atoms with E-state index in [2.05, 4.69) is 30.2 Å². The second-order valence-corrected chi connectivity index (χ2v) is 12.8. The highest BCUT2D eigenvalue weighted by Crippen LogP contribution is 2.67. The van der Waals surface area contributed by atoms with Crippen LogP contribution in [0.5, 0.6) is 0 Å². The van der Waals surface area contributed by atoms with Crippen molar-refractivity contribution in [1.29, 1.82) is 0 Å². The summed E-state index contributed by atoms with van der Waals surface area (Å²) in [7, 11) is 0. The first kappa shape index (κ1) is 28.0. The summed E-state index contributed by atoms with van der Waals surface area (Å²) in [6.07, 6.45) is 11.2. The fourth-order valence-corrected chi connectivity index (χ4v) is 8.58. The van der Waals surface area contributed by atoms with Crippen LogP contribution in [0.4, 0.5) is 4.79 Å². The Hall–Kier alpha value is -1.59. The molecule has 6 heteroatoms. The SMILES string of the molecule is CC(=O)C1CCC2C3CCC4CC(C)CCC4(C)C3CCC12C.CC(C)C(=O)OCCOC(=O)O. The Morgan fingerprint density at radius 2 is 1.51 bits per heavy atom. The first-order valence-electron chi connectivity index (χ1n) is 13.9. The molecule has 4 aliphatic rings. The molecule has 1 N–H and O–H groups in total. The molecule has 0 radical (unpaired) electrons. The summed E-state index contributed by atoms with van der Waals surface area (Å²) in [5, 5.41) is 8.03. The lowest BCUT2D eigenvalue weighted by Crippen LogP contribution is -2.53. The van der Waals surface area contributed by atoms with Crippen LogP contribution >= 0.6 is 0 Å². The highest BCUT2D eigenvalue weighted by Gasteiger charge is 2.60. The predicted octanol–water partition coefficient (Wildman–Crippen LogP) is 6.75. The quantitative estimate of drug-likeness (QED) is 0.337. The van der Waals surface area contributed by atoms with E-state index in [1.54, 1.807) is 13.8 Å². The van der Waals surface area contributed by atoms with Gasteiger partial charge in [-0.05, 0) is 98.7 Å². The number of ketones is 1. The monoisotopic (exact) mass is 492 g/mol. The van der Waals surface area contributed by atoms with Crippen molar-refractivity contribution >= 4 is 17.9 Å². The number of hydrogen-bond donors (Lipinski definition) is 1. The molecule has 8 unspecified atom stereocenters. The number of hydrogen-bond acceptors (Lipinski definition) is 5. The maximum Gasteiger partial charge on any atom is 0.505 e. The average Bonchev–Trinajstić information content (AvgIpc) is 3.15. The van der Waals surface area contributed by atoms with Crippen LogP contribution in [0.1, 0.15) is 99.3 Å². The lowest BCUT2D eigenvalue weighted by molar-refractivity contribution is -0.148. The maximum absolute atomic E-state index is 12.2. The van der Waals surface area contributed by atoms with E-state index >= 15 is 0 Å². The molecule has 4 fully saturated rings. The number of carbonyl (C=O) groups is 3. The topological polar surface area (TPSA) is 89.9 Å². The van der Waals surface area contributed by atoms with Gasteiger partial charge in [-0.2, -0.15) is 0 Å². The van der Waals surface area contributed by atoms with Gasteiger partial charge >= 0.3 is 12.1 Å². The zero-order chi connectivity index (χ0) is 26.0. The number of carbonyl (C=O) groups excluding carboxylic acids is 2. The van der Waals surface area contributed by atoms with Gasteiger partial charge in [-0.15, -0.1) is 0 Å². The molecule has 0 spiro atoms. The first-order valence-corrected chi connectivity index (χ1v) is 13.9. The van der Waals surface area contributed by atoms with Gasteiger partial charge in [0.2, 0.25) is 0 Å². The van der Waals surface area contributed by atoms with Crippen molar-refractivity contribution in [2.24, 2.45) is 52.3 Å². The van der Waals surface area contributed by atoms with Gasteiger partial charge in [0.15, 0.2) is 0 Å². The molecule has 0 heterocycles. The number of Topliss-reactive ketones (excluding diaryl/α,β-unsaturated/α-hetero) is 1. The Bertz CT molecular complexity index is 777. The Kier molecular flexibility index (Phi) is 8.96. The summed E-state index contributed by atoms with van der Waals surface area (Å²) in [6.45, 7) is 12.7. The van der Waals surface area contributed by atoms with E-state index in [1.807, 2.05) is 6.92 Å². The molecule has 0 saturated heterocycles. The van der Waals surface area contributed by atoms with Gasteiger partial charge in [0.1, 0.15) is 19.0 Å². The Morgan fingerprint density at radius 1 is 0.886 bits per heavy atom. The van der Waals surface area contributed by atoms with Crippen molar-refractivity contribution in [1.82, 2.24) is 0 Å². The molecule has 0 aromatic carbocycles. The maximum atomic E-state index is 12.2. The molecule has 0 aliphatic heterocycles. The molecule has 0 aromatic heterocycles. The van der Waals surface area contributed by atoms with Gasteiger partial charge in [-0.3, -0.25) is 9.59 Å². The number of esters is 1. The van der Waals surface area contributed by atoms with E-state index in [4.69, 9.17) is 5.11 Å². The molecule has 0 bridgehead atoms. The first-order chi connectivity index (χ1) is 16.4. The van der Waals surface area contributed by atoms with E-state index in [1.165, 1.54) is 57.8 Å². The minimum Gasteiger partial charge on any atom is -0.462 e. The van der Waals surface area contributed by atoms with E-state index in [-0.39, 0.29) is 25.1 Å². The molecule has 8 atom stereocenters. The fourth-order valence-electron chi connectivity index (χ4n) is 8.58. The lowest BCUT2D eigenvalue weighted by Gasteiger charge is -2.61. The summed E-state index contributed by atoms with van der Waals surface area (Å²) in [5.41, 5.74) is 0.948. The van der Waals surface area contributed by atoms with Crippen LogP contribution in [-0.4, -0.2) is 36.2 Å². The van der Waals surface area contributed by atoms with Gasteiger partial charge in [-0.1, -0.05) is 41.0 Å². The number of rotatable bonds is 5. The smallest absolute Gasteiger partial charge is 0.462 e. The summed E-state index contributed by atoms with van der Waals surface area (Å²) >= 11 is 0. The van der Waals surface area contributed by atoms with E-state index < -0.39 is 6.16 Å². The van der Waals surface area contributed by atoms with Crippen LogP contribution in [0.15, 0.2) is 0 Å². The molecule has 0 amide bonds. The molecular formula is C29H48O6. The Balaban J connectivity index is 0.000000245. The van der Waals surface area contributed by atoms with Gasteiger partial charge in [-0.25, -0.2) is 4.79 Å². The largest absolute Gasteiger partial charge is 0.505 e. The van der Waals surface area contributed by atoms with Gasteiger partial charge < -0.3 is 14.6 Å². The van der Waals surface area contributed by atoms with E-state index in [9.17, 15) is 14.4 Å². The minimum absolute atomic E-state index is 0.0245. The van der Waals surface area contributed by atoms with Crippen molar-refractivity contribution in [2.75, 3.05) is 13.2 Å². The van der Waals surface area contributed by atoms with E-state index in [0.717, 1.165) is 29.6 Å². The van der Waals surface area contributed by atoms with Crippen molar-refractivity contribution in [2.45, 2.75) is 99.3 Å². The van der Waals surface area contributed by atoms with Crippen LogP contribution in [0.25, 0.3) is 0 Å². The number of ether oxygens (including phenoxy) is 2. The Morgan fingerprint density at radius 3 is 2.14 bits per heavy atom. The van der Waals surface area contributed by atoms with Crippen LogP contribution in [-0.2, 0) is 19.1 Å². The van der Waals surface area contributed by atoms with Crippen molar-refractivity contribution in [3.05, 3.63) is 0 Å². The van der Waals surface area contributed by atoms with Crippen LogP contribution in [0.2, 0.25) is 0 Å². The summed E-state index contributed by atoms with van der Waals surface area (Å²) in [4.78, 5) is 32.8. The summed E-state index contributed by atoms with van der Waals surface area (Å²) in [5.74, 6) is 4.94. The van der Waals surface area contributed by atoms with E-state index in [0.29, 0.717) is 22.5 Å². The second kappa shape index (κ2) is 11.2. The third-order valence-electron chi connectivity index (χ3n) is 10.4. The molecule has 4 aliphatic carbocycles. The zero-order valence-electron chi connectivity index (χ0n) is 22.8. The van der Waals surface area contributed by atoms with Gasteiger partial charge in [0.05, 0.1) is 5.92 Å². The average molecular weight is 493 g/mol. The molecule has 35 heavy (non-hydrogen) atoms. The summed E-state index contributed by atoms with van der Waals surface area (Å²) in [6, 6.07) is 0. The van der Waals surface area contributed by atoms with Crippen molar-refractivity contribution < 1.29 is 29.0 Å². The molecule has 0 aromatic rings. The van der Waals surface area contributed by atoms with Crippen LogP contribution < -0.4 is 0 Å². The van der Waals surface area contributed by atoms with Crippen LogP contribution in [0, 0.1) is 52.3 Å². The highest BCUT2D eigenvalue weighted by molar-refractivity contribution is 5.79. The molecule has 4 saturated carbocycles. The standard InChI is InChI=1S/C22H36O.C7H12O5/c1-14-9-11-21(3)16(13-14)5-6-17-19-8-7-18(15(2)23)22(19,4)12-10-20(17)21;1-5(2)6(8)11-3-4-12-7(9)10/h14,16-20H,5-13H2,1-4H3;5H,3-4H2,1-2H3,(H,9,10). The van der Waals surface area contributed by atoms with Crippen molar-refractivity contribution in [3.63, 3.8) is 0 Å². The van der Waals surface area contributed by atoms with Crippen LogP contribution in [0.3, 0.4) is 0 Å². The summed E-state index contributed by atoms with van der Waals surface area (Å²) < 4.78 is 8.74. The fraction of sp³-hybridized carbons (Fsp3) is 0.897. The number of carboxylic acid groups (broad SMARTS) is 1. The zero-order valence-corrected chi connectivity index (χ0v) is 22.8. The molecule has 6 nitrogen and oxygen atoms in total. The minimum atomic E-state index is -1.37. The number of fused-ring (bicyclic) bond motifs is 5. The van der Waals surface area contributed by atoms with Gasteiger partial charge in [0.25, 0.3) is 0 Å². The van der Waals surface area contributed by atoms with Crippen molar-refractivity contribution in [3.8, 4) is 0 Å².